The van der Waals surface area contributed by atoms with E-state index in [1.165, 1.54) is 0 Å². The normalized spacial score (nSPS) is 16.3. The number of likely N-dealkylation sites (tertiary alicyclic amines) is 1. The quantitative estimate of drug-likeness (QED) is 0.450. The molecular formula is C23H25N5O2. The number of piperidine rings is 1. The number of hydrogen-bond acceptors (Lipinski definition) is 5. The van der Waals surface area contributed by atoms with Crippen LogP contribution in [0.3, 0.4) is 0 Å². The highest BCUT2D eigenvalue weighted by Crippen LogP contribution is 2.29. The Balaban J connectivity index is 1.72. The van der Waals surface area contributed by atoms with Crippen LogP contribution in [-0.4, -0.2) is 51.1 Å². The lowest BCUT2D eigenvalue weighted by molar-refractivity contribution is 0.0968. The number of aromatic nitrogens is 3. The Bertz CT molecular complexity index is 1180. The van der Waals surface area contributed by atoms with Gasteiger partial charge in [0.15, 0.2) is 0 Å². The smallest absolute Gasteiger partial charge is 0.248 e. The third-order valence-electron chi connectivity index (χ3n) is 5.49. The largest absolute Gasteiger partial charge is 0.393 e. The van der Waals surface area contributed by atoms with Gasteiger partial charge >= 0.3 is 0 Å². The van der Waals surface area contributed by atoms with Crippen LogP contribution in [-0.2, 0) is 0 Å². The molecule has 0 aliphatic carbocycles. The summed E-state index contributed by atoms with van der Waals surface area (Å²) in [5.41, 5.74) is 4.33. The summed E-state index contributed by atoms with van der Waals surface area (Å²) >= 11 is 0. The zero-order chi connectivity index (χ0) is 21.1. The molecule has 0 radical (unpaired) electrons. The molecule has 30 heavy (non-hydrogen) atoms. The minimum atomic E-state index is -0.243. The summed E-state index contributed by atoms with van der Waals surface area (Å²) in [7, 11) is 0. The lowest BCUT2D eigenvalue weighted by Crippen LogP contribution is -2.34. The molecular weight excluding hydrogens is 378 g/mol. The van der Waals surface area contributed by atoms with Gasteiger partial charge in [-0.1, -0.05) is 12.1 Å². The molecule has 0 atom stereocenters. The molecule has 2 aromatic heterocycles. The Morgan fingerprint density at radius 2 is 2.03 bits per heavy atom. The predicted molar refractivity (Wildman–Crippen MR) is 120 cm³/mol. The highest BCUT2D eigenvalue weighted by Gasteiger charge is 2.19. The van der Waals surface area contributed by atoms with E-state index >= 15 is 0 Å². The number of fused-ring (bicyclic) bond motifs is 1. The minimum absolute atomic E-state index is 0.134. The van der Waals surface area contributed by atoms with Crippen LogP contribution in [0.2, 0.25) is 0 Å². The van der Waals surface area contributed by atoms with Crippen molar-refractivity contribution >= 4 is 23.2 Å². The van der Waals surface area contributed by atoms with Crippen LogP contribution in [0, 0.1) is 0 Å². The van der Waals surface area contributed by atoms with Crippen molar-refractivity contribution in [2.24, 2.45) is 4.99 Å². The zero-order valence-corrected chi connectivity index (χ0v) is 16.9. The lowest BCUT2D eigenvalue weighted by Gasteiger charge is -2.31. The maximum Gasteiger partial charge on any atom is 0.248 e. The molecule has 0 bridgehead atoms. The van der Waals surface area contributed by atoms with Crippen LogP contribution in [0.15, 0.2) is 64.3 Å². The average molecular weight is 403 g/mol. The van der Waals surface area contributed by atoms with Gasteiger partial charge in [0.2, 0.25) is 5.56 Å². The van der Waals surface area contributed by atoms with Crippen molar-refractivity contribution in [2.45, 2.75) is 25.9 Å². The molecule has 1 aliphatic rings. The Hall–Kier alpha value is -3.45. The third kappa shape index (κ3) is 3.97. The summed E-state index contributed by atoms with van der Waals surface area (Å²) < 4.78 is 0. The first-order chi connectivity index (χ1) is 14.6. The van der Waals surface area contributed by atoms with E-state index in [4.69, 9.17) is 0 Å². The molecule has 7 heteroatoms. The third-order valence-corrected chi connectivity index (χ3v) is 5.49. The second kappa shape index (κ2) is 8.51. The van der Waals surface area contributed by atoms with Crippen molar-refractivity contribution in [3.8, 4) is 11.1 Å². The van der Waals surface area contributed by atoms with E-state index in [1.54, 1.807) is 12.3 Å². The van der Waals surface area contributed by atoms with Crippen LogP contribution >= 0.6 is 0 Å². The van der Waals surface area contributed by atoms with Crippen molar-refractivity contribution in [1.29, 1.82) is 0 Å². The van der Waals surface area contributed by atoms with Crippen molar-refractivity contribution in [3.05, 3.63) is 70.5 Å². The van der Waals surface area contributed by atoms with Gasteiger partial charge in [0.1, 0.15) is 5.82 Å². The number of allylic oxidation sites excluding steroid dienone is 3. The van der Waals surface area contributed by atoms with Crippen molar-refractivity contribution in [3.63, 3.8) is 0 Å². The fourth-order valence-corrected chi connectivity index (χ4v) is 3.80. The van der Waals surface area contributed by atoms with E-state index < -0.39 is 0 Å². The van der Waals surface area contributed by atoms with Gasteiger partial charge in [-0.15, -0.1) is 0 Å². The molecule has 3 heterocycles. The maximum atomic E-state index is 11.7. The summed E-state index contributed by atoms with van der Waals surface area (Å²) in [6.45, 7) is 7.20. The highest BCUT2D eigenvalue weighted by molar-refractivity contribution is 5.95. The van der Waals surface area contributed by atoms with E-state index in [0.717, 1.165) is 65.0 Å². The van der Waals surface area contributed by atoms with Crippen LogP contribution in [0.25, 0.3) is 27.6 Å². The molecule has 0 amide bonds. The van der Waals surface area contributed by atoms with Gasteiger partial charge in [-0.2, -0.15) is 5.10 Å². The molecule has 7 nitrogen and oxygen atoms in total. The van der Waals surface area contributed by atoms with Crippen molar-refractivity contribution in [2.75, 3.05) is 13.1 Å². The number of H-pyrrole nitrogens is 2. The van der Waals surface area contributed by atoms with Crippen LogP contribution in [0.5, 0.6) is 0 Å². The van der Waals surface area contributed by atoms with E-state index in [1.807, 2.05) is 43.3 Å². The van der Waals surface area contributed by atoms with Crippen LogP contribution in [0.1, 0.15) is 25.5 Å². The number of aliphatic hydroxyl groups excluding tert-OH is 1. The van der Waals surface area contributed by atoms with E-state index in [9.17, 15) is 9.90 Å². The molecule has 0 saturated carbocycles. The highest BCUT2D eigenvalue weighted by atomic mass is 16.3. The first-order valence-electron chi connectivity index (χ1n) is 10.0. The molecule has 0 unspecified atom stereocenters. The van der Waals surface area contributed by atoms with E-state index in [-0.39, 0.29) is 11.7 Å². The number of aliphatic imine (C=N–C) groups is 1. The second-order valence-corrected chi connectivity index (χ2v) is 7.40. The molecule has 1 saturated heterocycles. The van der Waals surface area contributed by atoms with Gasteiger partial charge in [-0.05, 0) is 61.9 Å². The maximum absolute atomic E-state index is 11.7. The number of benzene rings is 1. The topological polar surface area (TPSA) is 97.4 Å². The number of aliphatic hydroxyl groups is 1. The van der Waals surface area contributed by atoms with Gasteiger partial charge in [-0.3, -0.25) is 9.89 Å². The number of hydrogen-bond donors (Lipinski definition) is 3. The Kier molecular flexibility index (Phi) is 5.63. The molecule has 4 rings (SSSR count). The van der Waals surface area contributed by atoms with Crippen molar-refractivity contribution in [1.82, 2.24) is 20.1 Å². The molecule has 0 spiro atoms. The average Bonchev–Trinajstić information content (AvgIpc) is 3.19. The molecule has 3 aromatic rings. The number of pyridine rings is 1. The fraction of sp³-hybridized carbons (Fsp3) is 0.261. The summed E-state index contributed by atoms with van der Waals surface area (Å²) in [6.07, 6.45) is 6.84. The van der Waals surface area contributed by atoms with Crippen LogP contribution in [0.4, 0.5) is 0 Å². The summed E-state index contributed by atoms with van der Waals surface area (Å²) in [5, 5.41) is 18.4. The number of aromatic amines is 2. The van der Waals surface area contributed by atoms with Gasteiger partial charge < -0.3 is 15.0 Å². The Morgan fingerprint density at radius 1 is 1.27 bits per heavy atom. The fourth-order valence-electron chi connectivity index (χ4n) is 3.80. The molecule has 1 fully saturated rings. The zero-order valence-electron chi connectivity index (χ0n) is 16.9. The van der Waals surface area contributed by atoms with Gasteiger partial charge in [-0.25, -0.2) is 4.99 Å². The second-order valence-electron chi connectivity index (χ2n) is 7.40. The molecule has 1 aliphatic heterocycles. The first-order valence-corrected chi connectivity index (χ1v) is 10.0. The number of rotatable bonds is 5. The lowest BCUT2D eigenvalue weighted by atomic mass is 10.0. The minimum Gasteiger partial charge on any atom is -0.393 e. The van der Waals surface area contributed by atoms with E-state index in [2.05, 4.69) is 31.8 Å². The summed E-state index contributed by atoms with van der Waals surface area (Å²) in [5.74, 6) is 0.775. The standard InChI is InChI=1S/C23H25N5O2/c1-3-15(13-21(24-2)28-10-7-18(29)8-11-28)23-19-12-16(4-5-20(19)26-27-23)17-6-9-25-22(30)14-17/h3-6,9,12-14,18,29H,2,7-8,10-11H2,1H3,(H,25,30)(H,26,27)/b15-3+,21-13+. The Labute approximate surface area is 174 Å². The molecule has 1 aromatic carbocycles. The summed E-state index contributed by atoms with van der Waals surface area (Å²) in [6, 6.07) is 9.45. The Morgan fingerprint density at radius 3 is 2.73 bits per heavy atom. The first kappa shape index (κ1) is 19.8. The van der Waals surface area contributed by atoms with E-state index in [0.29, 0.717) is 0 Å². The SMILES string of the molecule is C=N/C(=C\C(=C/C)c1n[nH]c2ccc(-c3cc[nH]c(=O)c3)cc12)N1CCC(O)CC1. The van der Waals surface area contributed by atoms with Crippen LogP contribution < -0.4 is 5.56 Å². The molecule has 3 N–H and O–H groups in total. The van der Waals surface area contributed by atoms with Gasteiger partial charge in [0, 0.05) is 36.3 Å². The van der Waals surface area contributed by atoms with Gasteiger partial charge in [0.25, 0.3) is 0 Å². The molecule has 154 valence electrons. The predicted octanol–water partition coefficient (Wildman–Crippen LogP) is 3.32. The monoisotopic (exact) mass is 403 g/mol. The number of nitrogens with zero attached hydrogens (tertiary/aromatic N) is 3. The van der Waals surface area contributed by atoms with Crippen molar-refractivity contribution < 1.29 is 5.11 Å². The number of nitrogens with one attached hydrogen (secondary N) is 2. The van der Waals surface area contributed by atoms with Gasteiger partial charge in [0.05, 0.1) is 17.3 Å². The summed E-state index contributed by atoms with van der Waals surface area (Å²) in [4.78, 5) is 20.7.